The first kappa shape index (κ1) is 12.3. The van der Waals surface area contributed by atoms with Gasteiger partial charge in [-0.05, 0) is 49.4 Å². The molecule has 1 aromatic rings. The SMILES string of the molecule is CCCNCC(C)c1ccc(C)c(C)c1. The van der Waals surface area contributed by atoms with Gasteiger partial charge < -0.3 is 5.32 Å². The van der Waals surface area contributed by atoms with Gasteiger partial charge in [0.1, 0.15) is 0 Å². The Morgan fingerprint density at radius 2 is 1.93 bits per heavy atom. The van der Waals surface area contributed by atoms with Crippen LogP contribution < -0.4 is 5.32 Å². The molecule has 0 saturated carbocycles. The van der Waals surface area contributed by atoms with Gasteiger partial charge in [-0.2, -0.15) is 0 Å². The van der Waals surface area contributed by atoms with Crippen LogP contribution in [0.4, 0.5) is 0 Å². The van der Waals surface area contributed by atoms with Crippen LogP contribution in [-0.4, -0.2) is 13.1 Å². The van der Waals surface area contributed by atoms with Crippen molar-refractivity contribution < 1.29 is 0 Å². The van der Waals surface area contributed by atoms with Crippen molar-refractivity contribution in [2.45, 2.75) is 40.0 Å². The maximum absolute atomic E-state index is 3.47. The van der Waals surface area contributed by atoms with Gasteiger partial charge in [0.25, 0.3) is 0 Å². The third-order valence-electron chi connectivity index (χ3n) is 2.98. The Labute approximate surface area is 93.9 Å². The highest BCUT2D eigenvalue weighted by Gasteiger charge is 2.05. The molecule has 0 radical (unpaired) electrons. The average molecular weight is 205 g/mol. The van der Waals surface area contributed by atoms with Gasteiger partial charge in [0, 0.05) is 6.54 Å². The molecule has 0 heterocycles. The van der Waals surface area contributed by atoms with E-state index in [1.165, 1.54) is 23.1 Å². The van der Waals surface area contributed by atoms with Crippen LogP contribution in [0.2, 0.25) is 0 Å². The van der Waals surface area contributed by atoms with Crippen LogP contribution in [0.3, 0.4) is 0 Å². The molecule has 1 nitrogen and oxygen atoms in total. The summed E-state index contributed by atoms with van der Waals surface area (Å²) >= 11 is 0. The summed E-state index contributed by atoms with van der Waals surface area (Å²) in [6.07, 6.45) is 1.21. The van der Waals surface area contributed by atoms with Gasteiger partial charge in [0.15, 0.2) is 0 Å². The highest BCUT2D eigenvalue weighted by Crippen LogP contribution is 2.17. The second kappa shape index (κ2) is 5.92. The van der Waals surface area contributed by atoms with Gasteiger partial charge >= 0.3 is 0 Å². The van der Waals surface area contributed by atoms with Crippen LogP contribution in [0, 0.1) is 13.8 Å². The van der Waals surface area contributed by atoms with Crippen molar-refractivity contribution in [2.24, 2.45) is 0 Å². The van der Waals surface area contributed by atoms with Gasteiger partial charge in [0.2, 0.25) is 0 Å². The Bertz CT molecular complexity index is 304. The molecule has 0 saturated heterocycles. The third kappa shape index (κ3) is 3.67. The van der Waals surface area contributed by atoms with E-state index in [-0.39, 0.29) is 0 Å². The van der Waals surface area contributed by atoms with Crippen molar-refractivity contribution in [3.8, 4) is 0 Å². The summed E-state index contributed by atoms with van der Waals surface area (Å²) in [4.78, 5) is 0. The van der Waals surface area contributed by atoms with Crippen LogP contribution >= 0.6 is 0 Å². The predicted molar refractivity (Wildman–Crippen MR) is 67.5 cm³/mol. The minimum absolute atomic E-state index is 0.607. The Morgan fingerprint density at radius 3 is 2.53 bits per heavy atom. The summed E-state index contributed by atoms with van der Waals surface area (Å²) in [6.45, 7) is 11.0. The topological polar surface area (TPSA) is 12.0 Å². The first-order chi connectivity index (χ1) is 7.15. The molecule has 0 aliphatic rings. The molecular weight excluding hydrogens is 182 g/mol. The Balaban J connectivity index is 2.57. The fourth-order valence-electron chi connectivity index (χ4n) is 1.68. The number of benzene rings is 1. The smallest absolute Gasteiger partial charge is 0.00174 e. The molecule has 0 bridgehead atoms. The van der Waals surface area contributed by atoms with E-state index >= 15 is 0 Å². The van der Waals surface area contributed by atoms with Gasteiger partial charge in [-0.25, -0.2) is 0 Å². The van der Waals surface area contributed by atoms with Gasteiger partial charge in [-0.15, -0.1) is 0 Å². The van der Waals surface area contributed by atoms with Crippen molar-refractivity contribution in [1.29, 1.82) is 0 Å². The number of nitrogens with one attached hydrogen (secondary N) is 1. The minimum atomic E-state index is 0.607. The van der Waals surface area contributed by atoms with Gasteiger partial charge in [-0.1, -0.05) is 32.0 Å². The Morgan fingerprint density at radius 1 is 1.20 bits per heavy atom. The van der Waals surface area contributed by atoms with E-state index in [4.69, 9.17) is 0 Å². The number of hydrogen-bond acceptors (Lipinski definition) is 1. The molecular formula is C14H23N. The molecule has 1 aromatic carbocycles. The molecule has 0 spiro atoms. The second-order valence-corrected chi connectivity index (χ2v) is 4.45. The van der Waals surface area contributed by atoms with Crippen molar-refractivity contribution in [3.63, 3.8) is 0 Å². The van der Waals surface area contributed by atoms with E-state index in [2.05, 4.69) is 51.2 Å². The van der Waals surface area contributed by atoms with Gasteiger partial charge in [-0.3, -0.25) is 0 Å². The fraction of sp³-hybridized carbons (Fsp3) is 0.571. The maximum atomic E-state index is 3.47. The van der Waals surface area contributed by atoms with E-state index in [0.29, 0.717) is 5.92 Å². The fourth-order valence-corrected chi connectivity index (χ4v) is 1.68. The van der Waals surface area contributed by atoms with E-state index in [1.807, 2.05) is 0 Å². The van der Waals surface area contributed by atoms with Crippen molar-refractivity contribution in [1.82, 2.24) is 5.32 Å². The first-order valence-corrected chi connectivity index (χ1v) is 5.93. The molecule has 0 aliphatic heterocycles. The minimum Gasteiger partial charge on any atom is -0.316 e. The zero-order valence-electron chi connectivity index (χ0n) is 10.4. The lowest BCUT2D eigenvalue weighted by molar-refractivity contribution is 0.609. The van der Waals surface area contributed by atoms with E-state index in [9.17, 15) is 0 Å². The third-order valence-corrected chi connectivity index (χ3v) is 2.98. The zero-order chi connectivity index (χ0) is 11.3. The molecule has 1 heteroatoms. The van der Waals surface area contributed by atoms with E-state index < -0.39 is 0 Å². The summed E-state index contributed by atoms with van der Waals surface area (Å²) < 4.78 is 0. The van der Waals surface area contributed by atoms with E-state index in [1.54, 1.807) is 0 Å². The Hall–Kier alpha value is -0.820. The van der Waals surface area contributed by atoms with Crippen LogP contribution in [0.25, 0.3) is 0 Å². The van der Waals surface area contributed by atoms with Crippen LogP contribution in [0.5, 0.6) is 0 Å². The van der Waals surface area contributed by atoms with Crippen LogP contribution in [0.15, 0.2) is 18.2 Å². The summed E-state index contributed by atoms with van der Waals surface area (Å²) in [5, 5.41) is 3.47. The van der Waals surface area contributed by atoms with Gasteiger partial charge in [0.05, 0.1) is 0 Å². The highest BCUT2D eigenvalue weighted by molar-refractivity contribution is 5.31. The molecule has 0 aromatic heterocycles. The summed E-state index contributed by atoms with van der Waals surface area (Å²) in [5.41, 5.74) is 4.23. The zero-order valence-corrected chi connectivity index (χ0v) is 10.4. The maximum Gasteiger partial charge on any atom is 0.00174 e. The predicted octanol–water partition coefficient (Wildman–Crippen LogP) is 3.41. The van der Waals surface area contributed by atoms with E-state index in [0.717, 1.165) is 13.1 Å². The van der Waals surface area contributed by atoms with Crippen LogP contribution in [-0.2, 0) is 0 Å². The number of aryl methyl sites for hydroxylation is 2. The normalized spacial score (nSPS) is 12.8. The first-order valence-electron chi connectivity index (χ1n) is 5.93. The molecule has 1 N–H and O–H groups in total. The Kier molecular flexibility index (Phi) is 4.83. The molecule has 84 valence electrons. The molecule has 0 fully saturated rings. The standard InChI is InChI=1S/C14H23N/c1-5-8-15-10-13(4)14-7-6-11(2)12(3)9-14/h6-7,9,13,15H,5,8,10H2,1-4H3. The molecule has 1 rings (SSSR count). The lowest BCUT2D eigenvalue weighted by atomic mass is 9.97. The largest absolute Gasteiger partial charge is 0.316 e. The molecule has 1 atom stereocenters. The summed E-state index contributed by atoms with van der Waals surface area (Å²) in [5.74, 6) is 0.607. The number of hydrogen-bond donors (Lipinski definition) is 1. The molecule has 0 amide bonds. The monoisotopic (exact) mass is 205 g/mol. The van der Waals surface area contributed by atoms with Crippen molar-refractivity contribution >= 4 is 0 Å². The average Bonchev–Trinajstić information content (AvgIpc) is 2.22. The molecule has 15 heavy (non-hydrogen) atoms. The molecule has 0 aliphatic carbocycles. The highest BCUT2D eigenvalue weighted by atomic mass is 14.8. The van der Waals surface area contributed by atoms with Crippen LogP contribution in [0.1, 0.15) is 42.9 Å². The number of rotatable bonds is 5. The summed E-state index contributed by atoms with van der Waals surface area (Å²) in [7, 11) is 0. The van der Waals surface area contributed by atoms with Crippen molar-refractivity contribution in [2.75, 3.05) is 13.1 Å². The van der Waals surface area contributed by atoms with Crippen molar-refractivity contribution in [3.05, 3.63) is 34.9 Å². The lowest BCUT2D eigenvalue weighted by Gasteiger charge is -2.14. The lowest BCUT2D eigenvalue weighted by Crippen LogP contribution is -2.20. The quantitative estimate of drug-likeness (QED) is 0.726. The second-order valence-electron chi connectivity index (χ2n) is 4.45. The molecule has 1 unspecified atom stereocenters. The summed E-state index contributed by atoms with van der Waals surface area (Å²) in [6, 6.07) is 6.79.